The molecule has 0 fully saturated rings. The number of halogens is 1. The van der Waals surface area contributed by atoms with E-state index < -0.39 is 0 Å². The van der Waals surface area contributed by atoms with Gasteiger partial charge in [-0.1, -0.05) is 39.8 Å². The lowest BCUT2D eigenvalue weighted by atomic mass is 10.1. The van der Waals surface area contributed by atoms with Gasteiger partial charge in [0.15, 0.2) is 0 Å². The van der Waals surface area contributed by atoms with Crippen LogP contribution in [0.4, 0.5) is 10.1 Å². The molecule has 1 aromatic rings. The average Bonchev–Trinajstić information content (AvgIpc) is 2.30. The summed E-state index contributed by atoms with van der Waals surface area (Å²) in [6.45, 7) is 12.9. The van der Waals surface area contributed by atoms with Gasteiger partial charge in [0.2, 0.25) is 0 Å². The van der Waals surface area contributed by atoms with Crippen LogP contribution in [0.15, 0.2) is 24.3 Å². The van der Waals surface area contributed by atoms with Crippen LogP contribution in [0.2, 0.25) is 0 Å². The Bertz CT molecular complexity index is 354. The predicted octanol–water partition coefficient (Wildman–Crippen LogP) is 3.85. The van der Waals surface area contributed by atoms with Crippen molar-refractivity contribution in [2.75, 3.05) is 31.5 Å². The number of rotatable bonds is 8. The van der Waals surface area contributed by atoms with Crippen molar-refractivity contribution in [1.29, 1.82) is 0 Å². The minimum Gasteiger partial charge on any atom is -0.381 e. The maximum atomic E-state index is 13.5. The standard InChI is InChI=1S/C16H27FN2/c1-13(2)11-19(12-14(3)4)10-9-18-16-8-6-5-7-15(16)17/h5-8,13-14,18H,9-12H2,1-4H3. The van der Waals surface area contributed by atoms with E-state index in [1.54, 1.807) is 12.1 Å². The number of nitrogens with zero attached hydrogens (tertiary/aromatic N) is 1. The van der Waals surface area contributed by atoms with Crippen LogP contribution in [0.1, 0.15) is 27.7 Å². The second kappa shape index (κ2) is 8.16. The van der Waals surface area contributed by atoms with Gasteiger partial charge in [0.1, 0.15) is 5.82 Å². The van der Waals surface area contributed by atoms with Crippen LogP contribution in [-0.4, -0.2) is 31.1 Å². The molecule has 0 amide bonds. The van der Waals surface area contributed by atoms with Gasteiger partial charge in [-0.05, 0) is 24.0 Å². The highest BCUT2D eigenvalue weighted by Crippen LogP contribution is 2.12. The van der Waals surface area contributed by atoms with Crippen molar-refractivity contribution in [3.05, 3.63) is 30.1 Å². The molecule has 0 radical (unpaired) electrons. The number of para-hydroxylation sites is 1. The molecular formula is C16H27FN2. The summed E-state index contributed by atoms with van der Waals surface area (Å²) >= 11 is 0. The zero-order valence-corrected chi connectivity index (χ0v) is 12.6. The molecule has 2 nitrogen and oxygen atoms in total. The Balaban J connectivity index is 2.41. The number of anilines is 1. The van der Waals surface area contributed by atoms with Crippen LogP contribution in [-0.2, 0) is 0 Å². The zero-order valence-electron chi connectivity index (χ0n) is 12.6. The van der Waals surface area contributed by atoms with Crippen LogP contribution in [0.5, 0.6) is 0 Å². The first kappa shape index (κ1) is 16.0. The number of hydrogen-bond acceptors (Lipinski definition) is 2. The fraction of sp³-hybridized carbons (Fsp3) is 0.625. The Hall–Kier alpha value is -1.09. The maximum absolute atomic E-state index is 13.5. The summed E-state index contributed by atoms with van der Waals surface area (Å²) in [5.41, 5.74) is 0.594. The van der Waals surface area contributed by atoms with Crippen molar-refractivity contribution in [3.8, 4) is 0 Å². The first-order chi connectivity index (χ1) is 8.99. The number of nitrogens with one attached hydrogen (secondary N) is 1. The Morgan fingerprint density at radius 1 is 1.05 bits per heavy atom. The third-order valence-electron chi connectivity index (χ3n) is 2.86. The van der Waals surface area contributed by atoms with Crippen molar-refractivity contribution in [2.24, 2.45) is 11.8 Å². The monoisotopic (exact) mass is 266 g/mol. The molecule has 0 aromatic heterocycles. The molecule has 0 unspecified atom stereocenters. The van der Waals surface area contributed by atoms with E-state index in [9.17, 15) is 4.39 Å². The Morgan fingerprint density at radius 3 is 2.16 bits per heavy atom. The van der Waals surface area contributed by atoms with Gasteiger partial charge < -0.3 is 10.2 Å². The molecule has 0 spiro atoms. The highest BCUT2D eigenvalue weighted by atomic mass is 19.1. The van der Waals surface area contributed by atoms with Crippen molar-refractivity contribution in [2.45, 2.75) is 27.7 Å². The van der Waals surface area contributed by atoms with E-state index >= 15 is 0 Å². The van der Waals surface area contributed by atoms with Crippen molar-refractivity contribution >= 4 is 5.69 Å². The molecule has 1 aromatic carbocycles. The second-order valence-corrected chi connectivity index (χ2v) is 5.95. The van der Waals surface area contributed by atoms with E-state index in [-0.39, 0.29) is 5.82 Å². The molecule has 0 aliphatic heterocycles. The first-order valence-corrected chi connectivity index (χ1v) is 7.19. The third kappa shape index (κ3) is 6.58. The molecule has 1 N–H and O–H groups in total. The van der Waals surface area contributed by atoms with Crippen LogP contribution >= 0.6 is 0 Å². The van der Waals surface area contributed by atoms with Gasteiger partial charge in [0, 0.05) is 26.2 Å². The summed E-state index contributed by atoms with van der Waals surface area (Å²) in [7, 11) is 0. The maximum Gasteiger partial charge on any atom is 0.146 e. The summed E-state index contributed by atoms with van der Waals surface area (Å²) in [5.74, 6) is 1.14. The lowest BCUT2D eigenvalue weighted by Crippen LogP contribution is -2.35. The zero-order chi connectivity index (χ0) is 14.3. The number of benzene rings is 1. The topological polar surface area (TPSA) is 15.3 Å². The van der Waals surface area contributed by atoms with Gasteiger partial charge >= 0.3 is 0 Å². The molecule has 0 heterocycles. The van der Waals surface area contributed by atoms with E-state index in [1.165, 1.54) is 6.07 Å². The molecule has 108 valence electrons. The minimum atomic E-state index is -0.179. The van der Waals surface area contributed by atoms with Gasteiger partial charge in [0.25, 0.3) is 0 Å². The molecule has 3 heteroatoms. The van der Waals surface area contributed by atoms with Gasteiger partial charge in [-0.25, -0.2) is 4.39 Å². The fourth-order valence-electron chi connectivity index (χ4n) is 2.24. The predicted molar refractivity (Wildman–Crippen MR) is 81.0 cm³/mol. The highest BCUT2D eigenvalue weighted by molar-refractivity contribution is 5.44. The van der Waals surface area contributed by atoms with Crippen LogP contribution in [0.3, 0.4) is 0 Å². The minimum absolute atomic E-state index is 0.179. The van der Waals surface area contributed by atoms with Crippen LogP contribution in [0.25, 0.3) is 0 Å². The summed E-state index contributed by atoms with van der Waals surface area (Å²) in [6, 6.07) is 6.84. The van der Waals surface area contributed by atoms with Crippen LogP contribution < -0.4 is 5.32 Å². The molecule has 19 heavy (non-hydrogen) atoms. The average molecular weight is 266 g/mol. The summed E-state index contributed by atoms with van der Waals surface area (Å²) in [6.07, 6.45) is 0. The van der Waals surface area contributed by atoms with Crippen LogP contribution in [0, 0.1) is 17.7 Å². The molecule has 0 atom stereocenters. The highest BCUT2D eigenvalue weighted by Gasteiger charge is 2.09. The summed E-state index contributed by atoms with van der Waals surface area (Å²) in [5, 5.41) is 3.17. The molecule has 0 saturated heterocycles. The smallest absolute Gasteiger partial charge is 0.146 e. The Labute approximate surface area is 117 Å². The number of hydrogen-bond donors (Lipinski definition) is 1. The van der Waals surface area contributed by atoms with Crippen molar-refractivity contribution in [1.82, 2.24) is 4.90 Å². The molecule has 0 bridgehead atoms. The summed E-state index contributed by atoms with van der Waals surface area (Å²) in [4.78, 5) is 2.45. The summed E-state index contributed by atoms with van der Waals surface area (Å²) < 4.78 is 13.5. The quantitative estimate of drug-likeness (QED) is 0.769. The van der Waals surface area contributed by atoms with Crippen molar-refractivity contribution in [3.63, 3.8) is 0 Å². The van der Waals surface area contributed by atoms with Gasteiger partial charge in [-0.2, -0.15) is 0 Å². The molecular weight excluding hydrogens is 239 g/mol. The van der Waals surface area contributed by atoms with Crippen molar-refractivity contribution < 1.29 is 4.39 Å². The lowest BCUT2D eigenvalue weighted by molar-refractivity contribution is 0.227. The molecule has 0 aliphatic carbocycles. The van der Waals surface area contributed by atoms with Gasteiger partial charge in [-0.3, -0.25) is 0 Å². The second-order valence-electron chi connectivity index (χ2n) is 5.95. The van der Waals surface area contributed by atoms with Gasteiger partial charge in [-0.15, -0.1) is 0 Å². The van der Waals surface area contributed by atoms with E-state index in [0.717, 1.165) is 26.2 Å². The van der Waals surface area contributed by atoms with E-state index in [0.29, 0.717) is 17.5 Å². The SMILES string of the molecule is CC(C)CN(CCNc1ccccc1F)CC(C)C. The Morgan fingerprint density at radius 2 is 1.63 bits per heavy atom. The fourth-order valence-corrected chi connectivity index (χ4v) is 2.24. The largest absolute Gasteiger partial charge is 0.381 e. The van der Waals surface area contributed by atoms with Gasteiger partial charge in [0.05, 0.1) is 5.69 Å². The van der Waals surface area contributed by atoms with E-state index in [1.807, 2.05) is 6.07 Å². The third-order valence-corrected chi connectivity index (χ3v) is 2.86. The normalized spacial score (nSPS) is 11.6. The van der Waals surface area contributed by atoms with E-state index in [4.69, 9.17) is 0 Å². The van der Waals surface area contributed by atoms with E-state index in [2.05, 4.69) is 37.9 Å². The lowest BCUT2D eigenvalue weighted by Gasteiger charge is -2.26. The Kier molecular flexibility index (Phi) is 6.85. The first-order valence-electron chi connectivity index (χ1n) is 7.19. The molecule has 0 aliphatic rings. The molecule has 0 saturated carbocycles. The molecule has 1 rings (SSSR count).